The Labute approximate surface area is 82.6 Å². The summed E-state index contributed by atoms with van der Waals surface area (Å²) in [4.78, 5) is 0. The van der Waals surface area contributed by atoms with Gasteiger partial charge in [-0.1, -0.05) is 29.8 Å². The van der Waals surface area contributed by atoms with Gasteiger partial charge in [-0.2, -0.15) is 0 Å². The average molecular weight is 198 g/mol. The van der Waals surface area contributed by atoms with Crippen LogP contribution in [0.1, 0.15) is 11.1 Å². The number of hydrogen-bond donors (Lipinski definition) is 1. The van der Waals surface area contributed by atoms with Crippen molar-refractivity contribution in [2.45, 2.75) is 12.7 Å². The third-order valence-corrected chi connectivity index (χ3v) is 3.57. The second-order valence-corrected chi connectivity index (χ2v) is 14.3. The molecule has 1 aromatic carbocycles. The SMILES string of the molecule is Cc1ccc(C[SH](C)(C)(C)C)cc1. The highest BCUT2D eigenvalue weighted by Crippen LogP contribution is 2.58. The summed E-state index contributed by atoms with van der Waals surface area (Å²) in [6.45, 7) is 2.14. The summed E-state index contributed by atoms with van der Waals surface area (Å²) in [7, 11) is -1.37. The average Bonchev–Trinajstić information content (AvgIpc) is 1.89. The topological polar surface area (TPSA) is 0 Å². The lowest BCUT2D eigenvalue weighted by atomic mass is 10.2. The summed E-state index contributed by atoms with van der Waals surface area (Å²) in [5, 5.41) is 0. The molecule has 0 bridgehead atoms. The van der Waals surface area contributed by atoms with Crippen LogP contribution >= 0.6 is 9.16 Å². The van der Waals surface area contributed by atoms with Crippen molar-refractivity contribution in [3.05, 3.63) is 35.4 Å². The molecule has 0 saturated carbocycles. The maximum absolute atomic E-state index is 2.42. The first-order valence-corrected chi connectivity index (χ1v) is 8.99. The fourth-order valence-electron chi connectivity index (χ4n) is 1.42. The quantitative estimate of drug-likeness (QED) is 0.694. The molecule has 0 radical (unpaired) electrons. The van der Waals surface area contributed by atoms with Gasteiger partial charge >= 0.3 is 0 Å². The molecule has 0 aliphatic rings. The largest absolute Gasteiger partial charge is 0.289 e. The van der Waals surface area contributed by atoms with E-state index in [0.29, 0.717) is 0 Å². The molecule has 0 atom stereocenters. The molecule has 0 N–H and O–H groups in total. The van der Waals surface area contributed by atoms with E-state index in [-0.39, 0.29) is 0 Å². The Kier molecular flexibility index (Phi) is 2.50. The number of rotatable bonds is 2. The molecule has 1 aromatic rings. The van der Waals surface area contributed by atoms with Gasteiger partial charge in [0.15, 0.2) is 0 Å². The smallest absolute Gasteiger partial charge is 0.0110 e. The zero-order chi connectivity index (χ0) is 10.1. The maximum atomic E-state index is 2.42. The third kappa shape index (κ3) is 4.37. The van der Waals surface area contributed by atoms with E-state index in [2.05, 4.69) is 56.2 Å². The summed E-state index contributed by atoms with van der Waals surface area (Å²) >= 11 is 0. The molecule has 0 aromatic heterocycles. The van der Waals surface area contributed by atoms with Gasteiger partial charge in [0.2, 0.25) is 0 Å². The lowest BCUT2D eigenvalue weighted by Crippen LogP contribution is -2.13. The molecule has 0 saturated heterocycles. The van der Waals surface area contributed by atoms with Crippen LogP contribution in [-0.2, 0) is 5.75 Å². The molecule has 0 nitrogen and oxygen atoms in total. The summed E-state index contributed by atoms with van der Waals surface area (Å²) in [5.41, 5.74) is 2.83. The van der Waals surface area contributed by atoms with Gasteiger partial charge in [-0.3, -0.25) is 9.16 Å². The van der Waals surface area contributed by atoms with Crippen molar-refractivity contribution in [3.8, 4) is 0 Å². The normalized spacial score (nSPS) is 15.0. The molecule has 0 aliphatic carbocycles. The van der Waals surface area contributed by atoms with Crippen LogP contribution < -0.4 is 0 Å². The maximum Gasteiger partial charge on any atom is -0.0110 e. The van der Waals surface area contributed by atoms with Gasteiger partial charge in [-0.15, -0.1) is 0 Å². The van der Waals surface area contributed by atoms with E-state index < -0.39 is 9.16 Å². The van der Waals surface area contributed by atoms with E-state index in [0.717, 1.165) is 0 Å². The first-order valence-electron chi connectivity index (χ1n) is 4.78. The molecule has 76 valence electrons. The van der Waals surface area contributed by atoms with Crippen LogP contribution in [0, 0.1) is 6.92 Å². The monoisotopic (exact) mass is 198 g/mol. The van der Waals surface area contributed by atoms with E-state index in [1.165, 1.54) is 16.9 Å². The van der Waals surface area contributed by atoms with E-state index in [1.807, 2.05) is 0 Å². The second kappa shape index (κ2) is 3.06. The summed E-state index contributed by atoms with van der Waals surface area (Å²) in [6, 6.07) is 8.93. The van der Waals surface area contributed by atoms with Crippen molar-refractivity contribution in [2.75, 3.05) is 25.0 Å². The van der Waals surface area contributed by atoms with Crippen LogP contribution in [-0.4, -0.2) is 25.0 Å². The van der Waals surface area contributed by atoms with Gasteiger partial charge in [-0.05, 0) is 43.3 Å². The number of benzene rings is 1. The molecule has 1 heteroatoms. The van der Waals surface area contributed by atoms with Crippen molar-refractivity contribution in [3.63, 3.8) is 0 Å². The predicted molar refractivity (Wildman–Crippen MR) is 67.6 cm³/mol. The summed E-state index contributed by atoms with van der Waals surface area (Å²) in [5.74, 6) is 1.26. The molecule has 0 heterocycles. The standard InChI is InChI=1S/C12H22S/c1-11-6-8-12(9-7-11)10-13(2,3,4)5/h6-9,13H,10H2,1-5H3. The van der Waals surface area contributed by atoms with Crippen LogP contribution in [0.3, 0.4) is 0 Å². The molecule has 13 heavy (non-hydrogen) atoms. The van der Waals surface area contributed by atoms with Crippen LogP contribution in [0.25, 0.3) is 0 Å². The van der Waals surface area contributed by atoms with Gasteiger partial charge < -0.3 is 0 Å². The van der Waals surface area contributed by atoms with Crippen LogP contribution in [0.15, 0.2) is 24.3 Å². The van der Waals surface area contributed by atoms with E-state index >= 15 is 0 Å². The van der Waals surface area contributed by atoms with Crippen molar-refractivity contribution >= 4 is 9.16 Å². The lowest BCUT2D eigenvalue weighted by molar-refractivity contribution is 1.34. The zero-order valence-corrected chi connectivity index (χ0v) is 10.4. The molecule has 0 aliphatic heterocycles. The van der Waals surface area contributed by atoms with Crippen molar-refractivity contribution < 1.29 is 0 Å². The fraction of sp³-hybridized carbons (Fsp3) is 0.500. The van der Waals surface area contributed by atoms with Crippen molar-refractivity contribution in [1.82, 2.24) is 0 Å². The van der Waals surface area contributed by atoms with Gasteiger partial charge in [0.05, 0.1) is 0 Å². The fourth-order valence-corrected chi connectivity index (χ4v) is 3.10. The number of thiol groups is 1. The van der Waals surface area contributed by atoms with Crippen molar-refractivity contribution in [2.24, 2.45) is 0 Å². The van der Waals surface area contributed by atoms with E-state index in [1.54, 1.807) is 0 Å². The first kappa shape index (κ1) is 10.6. The lowest BCUT2D eigenvalue weighted by Gasteiger charge is -2.47. The molecule has 1 rings (SSSR count). The minimum atomic E-state index is -1.37. The molecule has 0 amide bonds. The number of aryl methyl sites for hydroxylation is 1. The molecule has 0 fully saturated rings. The Morgan fingerprint density at radius 2 is 1.38 bits per heavy atom. The molecule has 0 unspecified atom stereocenters. The molecule has 0 spiro atoms. The van der Waals surface area contributed by atoms with Gasteiger partial charge in [0, 0.05) is 0 Å². The summed E-state index contributed by atoms with van der Waals surface area (Å²) in [6.07, 6.45) is 9.69. The highest BCUT2D eigenvalue weighted by atomic mass is 32.3. The van der Waals surface area contributed by atoms with Gasteiger partial charge in [-0.25, -0.2) is 0 Å². The van der Waals surface area contributed by atoms with E-state index in [9.17, 15) is 0 Å². The molecular weight excluding hydrogens is 176 g/mol. The van der Waals surface area contributed by atoms with Crippen LogP contribution in [0.4, 0.5) is 0 Å². The van der Waals surface area contributed by atoms with Gasteiger partial charge in [0.1, 0.15) is 0 Å². The van der Waals surface area contributed by atoms with E-state index in [4.69, 9.17) is 0 Å². The Morgan fingerprint density at radius 1 is 0.923 bits per heavy atom. The second-order valence-electron chi connectivity index (χ2n) is 6.09. The van der Waals surface area contributed by atoms with Crippen LogP contribution in [0.2, 0.25) is 0 Å². The van der Waals surface area contributed by atoms with Crippen molar-refractivity contribution in [1.29, 1.82) is 0 Å². The van der Waals surface area contributed by atoms with Crippen LogP contribution in [0.5, 0.6) is 0 Å². The van der Waals surface area contributed by atoms with Gasteiger partial charge in [0.25, 0.3) is 0 Å². The Bertz CT molecular complexity index is 278. The Hall–Kier alpha value is -0.430. The highest BCUT2D eigenvalue weighted by Gasteiger charge is 2.18. The Balaban J connectivity index is 2.82. The number of hydrogen-bond acceptors (Lipinski definition) is 0. The minimum absolute atomic E-state index is 1.26. The zero-order valence-electron chi connectivity index (χ0n) is 9.46. The first-order chi connectivity index (χ1) is 5.72. The minimum Gasteiger partial charge on any atom is -0.289 e. The third-order valence-electron chi connectivity index (χ3n) is 1.94. The predicted octanol–water partition coefficient (Wildman–Crippen LogP) is 3.09. The highest BCUT2D eigenvalue weighted by molar-refractivity contribution is 8.47. The molecular formula is C12H22S. The Morgan fingerprint density at radius 3 is 1.77 bits per heavy atom. The summed E-state index contributed by atoms with van der Waals surface area (Å²) < 4.78 is 0.